The molecule has 31 heavy (non-hydrogen) atoms. The summed E-state index contributed by atoms with van der Waals surface area (Å²) >= 11 is 0. The second kappa shape index (κ2) is 7.98. The first-order chi connectivity index (χ1) is 14.8. The maximum absolute atomic E-state index is 12.7. The Morgan fingerprint density at radius 2 is 1.45 bits per heavy atom. The van der Waals surface area contributed by atoms with Gasteiger partial charge < -0.3 is 14.8 Å². The quantitative estimate of drug-likeness (QED) is 0.415. The fourth-order valence-electron chi connectivity index (χ4n) is 4.79. The predicted octanol–water partition coefficient (Wildman–Crippen LogP) is 1.40. The summed E-state index contributed by atoms with van der Waals surface area (Å²) in [6.07, 6.45) is 4.77. The van der Waals surface area contributed by atoms with Crippen molar-refractivity contribution in [2.75, 3.05) is 26.1 Å². The highest BCUT2D eigenvalue weighted by Crippen LogP contribution is 2.52. The zero-order chi connectivity index (χ0) is 22.3. The first kappa shape index (κ1) is 20.8. The Balaban J connectivity index is 1.42. The lowest BCUT2D eigenvalue weighted by molar-refractivity contribution is -0.140. The zero-order valence-corrected chi connectivity index (χ0v) is 17.1. The largest absolute Gasteiger partial charge is 0.465 e. The smallest absolute Gasteiger partial charge is 0.337 e. The van der Waals surface area contributed by atoms with Gasteiger partial charge in [0.1, 0.15) is 0 Å². The number of fused-ring (bicyclic) bond motifs is 5. The van der Waals surface area contributed by atoms with E-state index in [1.165, 1.54) is 37.3 Å². The van der Waals surface area contributed by atoms with Crippen LogP contribution in [0, 0.1) is 23.7 Å². The van der Waals surface area contributed by atoms with E-state index in [2.05, 4.69) is 14.8 Å². The first-order valence-electron chi connectivity index (χ1n) is 9.99. The molecule has 2 fully saturated rings. The third-order valence-electron chi connectivity index (χ3n) is 6.18. The Morgan fingerprint density at radius 3 is 1.94 bits per heavy atom. The van der Waals surface area contributed by atoms with E-state index >= 15 is 0 Å². The molecule has 1 aromatic carbocycles. The molecule has 9 nitrogen and oxygen atoms in total. The summed E-state index contributed by atoms with van der Waals surface area (Å²) in [6, 6.07) is 4.04. The monoisotopic (exact) mass is 426 g/mol. The molecule has 1 aliphatic heterocycles. The number of ether oxygens (including phenoxy) is 2. The van der Waals surface area contributed by atoms with E-state index < -0.39 is 17.8 Å². The second-order valence-electron chi connectivity index (χ2n) is 7.91. The third-order valence-corrected chi connectivity index (χ3v) is 6.18. The number of benzene rings is 1. The highest BCUT2D eigenvalue weighted by Gasteiger charge is 2.59. The summed E-state index contributed by atoms with van der Waals surface area (Å²) in [7, 11) is 2.40. The van der Waals surface area contributed by atoms with Crippen molar-refractivity contribution in [2.24, 2.45) is 23.7 Å². The molecule has 9 heteroatoms. The molecule has 1 saturated heterocycles. The topological polar surface area (TPSA) is 119 Å². The average Bonchev–Trinajstić information content (AvgIpc) is 3.45. The number of nitrogens with zero attached hydrogens (tertiary/aromatic N) is 1. The number of hydrogen-bond acceptors (Lipinski definition) is 7. The number of hydrogen-bond donors (Lipinski definition) is 1. The van der Waals surface area contributed by atoms with Crippen LogP contribution >= 0.6 is 0 Å². The highest BCUT2D eigenvalue weighted by molar-refractivity contribution is 6.07. The van der Waals surface area contributed by atoms with Crippen LogP contribution in [0.25, 0.3) is 0 Å². The Hall–Kier alpha value is -3.49. The molecule has 1 saturated carbocycles. The summed E-state index contributed by atoms with van der Waals surface area (Å²) in [5.74, 6) is -2.60. The van der Waals surface area contributed by atoms with Gasteiger partial charge in [0.05, 0.1) is 37.2 Å². The molecule has 2 aliphatic carbocycles. The van der Waals surface area contributed by atoms with Crippen LogP contribution in [-0.4, -0.2) is 55.3 Å². The van der Waals surface area contributed by atoms with Crippen LogP contribution in [0.5, 0.6) is 0 Å². The van der Waals surface area contributed by atoms with Gasteiger partial charge in [-0.05, 0) is 36.5 Å². The van der Waals surface area contributed by atoms with Crippen molar-refractivity contribution in [1.82, 2.24) is 4.90 Å². The molecule has 1 heterocycles. The Kier molecular flexibility index (Phi) is 5.34. The number of allylic oxidation sites excluding steroid dienone is 2. The van der Waals surface area contributed by atoms with Gasteiger partial charge in [0.15, 0.2) is 0 Å². The standard InChI is InChI=1S/C22H22N2O7/c1-30-21(28)13-8-14(22(29)31-2)10-15(9-13)23-16(25)5-6-24-19(26)17-11-3-4-12(7-11)18(17)20(24)27/h3-4,8-12,17-18H,5-7H2,1-2H3,(H,23,25)/t11-,12-,17+,18+/m0/s1. The summed E-state index contributed by atoms with van der Waals surface area (Å²) in [6.45, 7) is -0.0174. The van der Waals surface area contributed by atoms with Gasteiger partial charge in [-0.15, -0.1) is 0 Å². The lowest BCUT2D eigenvalue weighted by atomic mass is 9.85. The van der Waals surface area contributed by atoms with Gasteiger partial charge in [0, 0.05) is 18.7 Å². The number of anilines is 1. The molecule has 4 atom stereocenters. The third kappa shape index (κ3) is 3.60. The lowest BCUT2D eigenvalue weighted by Gasteiger charge is -2.17. The number of methoxy groups -OCH3 is 2. The van der Waals surface area contributed by atoms with Crippen LogP contribution in [-0.2, 0) is 23.9 Å². The molecule has 3 aliphatic rings. The second-order valence-corrected chi connectivity index (χ2v) is 7.91. The SMILES string of the molecule is COC(=O)c1cc(NC(=O)CCN2C(=O)[C@H]3[C@H](C2=O)[C@H]2C=C[C@H]3C2)cc(C(=O)OC)c1. The van der Waals surface area contributed by atoms with Gasteiger partial charge in [-0.25, -0.2) is 9.59 Å². The van der Waals surface area contributed by atoms with Gasteiger partial charge in [-0.1, -0.05) is 12.2 Å². The van der Waals surface area contributed by atoms with E-state index in [1.807, 2.05) is 12.2 Å². The Morgan fingerprint density at radius 1 is 0.935 bits per heavy atom. The maximum atomic E-state index is 12.7. The molecule has 3 amide bonds. The van der Waals surface area contributed by atoms with E-state index in [0.717, 1.165) is 6.42 Å². The van der Waals surface area contributed by atoms with Crippen LogP contribution in [0.15, 0.2) is 30.4 Å². The molecule has 162 valence electrons. The summed E-state index contributed by atoms with van der Waals surface area (Å²) < 4.78 is 9.34. The van der Waals surface area contributed by atoms with Crippen molar-refractivity contribution >= 4 is 35.3 Å². The maximum Gasteiger partial charge on any atom is 0.337 e. The Bertz CT molecular complexity index is 951. The van der Waals surface area contributed by atoms with Crippen LogP contribution in [0.4, 0.5) is 5.69 Å². The van der Waals surface area contributed by atoms with Crippen molar-refractivity contribution in [2.45, 2.75) is 12.8 Å². The summed E-state index contributed by atoms with van der Waals surface area (Å²) in [4.78, 5) is 62.8. The van der Waals surface area contributed by atoms with Gasteiger partial charge in [0.2, 0.25) is 17.7 Å². The first-order valence-corrected chi connectivity index (χ1v) is 9.99. The van der Waals surface area contributed by atoms with Crippen molar-refractivity contribution in [3.63, 3.8) is 0 Å². The van der Waals surface area contributed by atoms with Crippen molar-refractivity contribution in [3.05, 3.63) is 41.5 Å². The molecule has 0 radical (unpaired) electrons. The average molecular weight is 426 g/mol. The van der Waals surface area contributed by atoms with E-state index in [1.54, 1.807) is 0 Å². The number of carbonyl (C=O) groups is 5. The molecular weight excluding hydrogens is 404 g/mol. The van der Waals surface area contributed by atoms with E-state index in [0.29, 0.717) is 0 Å². The molecule has 0 unspecified atom stereocenters. The molecular formula is C22H22N2O7. The van der Waals surface area contributed by atoms with Gasteiger partial charge in [0.25, 0.3) is 0 Å². The van der Waals surface area contributed by atoms with Crippen LogP contribution < -0.4 is 5.32 Å². The molecule has 1 aromatic rings. The zero-order valence-electron chi connectivity index (χ0n) is 17.1. The molecule has 4 rings (SSSR count). The van der Waals surface area contributed by atoms with Gasteiger partial charge in [-0.2, -0.15) is 0 Å². The van der Waals surface area contributed by atoms with E-state index in [-0.39, 0.29) is 65.3 Å². The number of amides is 3. The van der Waals surface area contributed by atoms with Crippen LogP contribution in [0.2, 0.25) is 0 Å². The molecule has 0 aromatic heterocycles. The Labute approximate surface area is 178 Å². The van der Waals surface area contributed by atoms with Crippen molar-refractivity contribution in [1.29, 1.82) is 0 Å². The predicted molar refractivity (Wildman–Crippen MR) is 107 cm³/mol. The van der Waals surface area contributed by atoms with E-state index in [4.69, 9.17) is 0 Å². The number of imide groups is 1. The number of rotatable bonds is 6. The van der Waals surface area contributed by atoms with Crippen molar-refractivity contribution in [3.8, 4) is 0 Å². The van der Waals surface area contributed by atoms with Crippen LogP contribution in [0.3, 0.4) is 0 Å². The molecule has 1 N–H and O–H groups in total. The minimum absolute atomic E-state index is 0.0174. The fraction of sp³-hybridized carbons (Fsp3) is 0.409. The lowest BCUT2D eigenvalue weighted by Crippen LogP contribution is -2.35. The molecule has 0 spiro atoms. The number of esters is 2. The van der Waals surface area contributed by atoms with Gasteiger partial charge >= 0.3 is 11.9 Å². The number of nitrogens with one attached hydrogen (secondary N) is 1. The highest BCUT2D eigenvalue weighted by atomic mass is 16.5. The minimum Gasteiger partial charge on any atom is -0.465 e. The summed E-state index contributed by atoms with van der Waals surface area (Å²) in [5.41, 5.74) is 0.342. The molecule has 2 bridgehead atoms. The normalized spacial score (nSPS) is 25.5. The van der Waals surface area contributed by atoms with E-state index in [9.17, 15) is 24.0 Å². The summed E-state index contributed by atoms with van der Waals surface area (Å²) in [5, 5.41) is 2.60. The fourth-order valence-corrected chi connectivity index (χ4v) is 4.79. The van der Waals surface area contributed by atoms with Gasteiger partial charge in [-0.3, -0.25) is 19.3 Å². The minimum atomic E-state index is -0.677. The van der Waals surface area contributed by atoms with Crippen LogP contribution in [0.1, 0.15) is 33.6 Å². The number of likely N-dealkylation sites (tertiary alicyclic amines) is 1. The number of carbonyl (C=O) groups excluding carboxylic acids is 5. The van der Waals surface area contributed by atoms with Crippen molar-refractivity contribution < 1.29 is 33.4 Å².